The summed E-state index contributed by atoms with van der Waals surface area (Å²) in [6.45, 7) is 1.55. The van der Waals surface area contributed by atoms with Crippen molar-refractivity contribution in [3.8, 4) is 16.9 Å². The number of aliphatic hydroxyl groups is 1. The van der Waals surface area contributed by atoms with Crippen LogP contribution in [0.25, 0.3) is 22.0 Å². The van der Waals surface area contributed by atoms with Gasteiger partial charge in [-0.15, -0.1) is 0 Å². The fraction of sp³-hybridized carbons (Fsp3) is 0.417. The van der Waals surface area contributed by atoms with Crippen molar-refractivity contribution < 1.29 is 14.6 Å². The van der Waals surface area contributed by atoms with Crippen molar-refractivity contribution in [2.75, 3.05) is 26.2 Å². The molecule has 1 amide bonds. The van der Waals surface area contributed by atoms with E-state index in [1.54, 1.807) is 4.90 Å². The monoisotopic (exact) mass is 420 g/mol. The van der Waals surface area contributed by atoms with Crippen LogP contribution in [0.4, 0.5) is 0 Å². The maximum atomic E-state index is 13.1. The van der Waals surface area contributed by atoms with Crippen LogP contribution >= 0.6 is 0 Å². The van der Waals surface area contributed by atoms with Gasteiger partial charge in [-0.3, -0.25) is 9.48 Å². The number of amides is 1. The summed E-state index contributed by atoms with van der Waals surface area (Å²) in [7, 11) is 1.98. The fourth-order valence-corrected chi connectivity index (χ4v) is 4.86. The highest BCUT2D eigenvalue weighted by atomic mass is 16.5. The van der Waals surface area contributed by atoms with Gasteiger partial charge in [0.15, 0.2) is 0 Å². The van der Waals surface area contributed by atoms with E-state index in [1.807, 2.05) is 36.0 Å². The number of carbonyl (C=O) groups is 1. The van der Waals surface area contributed by atoms with Gasteiger partial charge in [-0.1, -0.05) is 24.3 Å². The maximum Gasteiger partial charge on any atom is 0.239 e. The SMILES string of the molecule is Cn1nc2cccc3c2c1CCCN(CCO)C(=O)[C@@H]1C[C@@H](CN1)Oc1cccc-3c1. The van der Waals surface area contributed by atoms with E-state index in [0.29, 0.717) is 26.1 Å². The molecule has 3 aromatic rings. The largest absolute Gasteiger partial charge is 0.489 e. The number of nitrogens with zero attached hydrogens (tertiary/aromatic N) is 3. The Balaban J connectivity index is 1.59. The Labute approximate surface area is 181 Å². The van der Waals surface area contributed by atoms with E-state index in [1.165, 1.54) is 0 Å². The molecule has 7 nitrogen and oxygen atoms in total. The molecule has 5 rings (SSSR count). The van der Waals surface area contributed by atoms with Crippen molar-refractivity contribution in [3.05, 3.63) is 48.2 Å². The summed E-state index contributed by atoms with van der Waals surface area (Å²) in [5.74, 6) is 0.848. The summed E-state index contributed by atoms with van der Waals surface area (Å²) in [5, 5.41) is 18.7. The third-order valence-corrected chi connectivity index (χ3v) is 6.34. The average molecular weight is 421 g/mol. The van der Waals surface area contributed by atoms with Crippen LogP contribution in [0.1, 0.15) is 18.5 Å². The Morgan fingerprint density at radius 2 is 2.13 bits per heavy atom. The van der Waals surface area contributed by atoms with E-state index in [9.17, 15) is 9.90 Å². The van der Waals surface area contributed by atoms with Gasteiger partial charge < -0.3 is 20.1 Å². The summed E-state index contributed by atoms with van der Waals surface area (Å²) in [5.41, 5.74) is 4.37. The van der Waals surface area contributed by atoms with Crippen LogP contribution in [0.3, 0.4) is 0 Å². The van der Waals surface area contributed by atoms with Gasteiger partial charge in [0, 0.05) is 44.2 Å². The maximum absolute atomic E-state index is 13.1. The molecule has 2 N–H and O–H groups in total. The lowest BCUT2D eigenvalue weighted by Gasteiger charge is -2.25. The lowest BCUT2D eigenvalue weighted by molar-refractivity contribution is -0.133. The Hall–Kier alpha value is -2.90. The van der Waals surface area contributed by atoms with E-state index in [4.69, 9.17) is 9.84 Å². The van der Waals surface area contributed by atoms with Gasteiger partial charge >= 0.3 is 0 Å². The lowest BCUT2D eigenvalue weighted by Crippen LogP contribution is -2.45. The summed E-state index contributed by atoms with van der Waals surface area (Å²) in [6.07, 6.45) is 2.18. The molecule has 162 valence electrons. The molecule has 31 heavy (non-hydrogen) atoms. The van der Waals surface area contributed by atoms with Gasteiger partial charge in [0.25, 0.3) is 0 Å². The number of nitrogens with one attached hydrogen (secondary N) is 1. The molecule has 4 bridgehead atoms. The first-order valence-corrected chi connectivity index (χ1v) is 11.0. The first-order chi connectivity index (χ1) is 15.1. The molecule has 0 radical (unpaired) electrons. The molecule has 3 heterocycles. The smallest absolute Gasteiger partial charge is 0.239 e. The van der Waals surface area contributed by atoms with Crippen molar-refractivity contribution in [2.45, 2.75) is 31.4 Å². The number of aliphatic hydroxyl groups excluding tert-OH is 1. The minimum absolute atomic E-state index is 0.0387. The third-order valence-electron chi connectivity index (χ3n) is 6.34. The fourth-order valence-electron chi connectivity index (χ4n) is 4.86. The highest BCUT2D eigenvalue weighted by molar-refractivity contribution is 5.97. The molecule has 0 spiro atoms. The zero-order valence-electron chi connectivity index (χ0n) is 17.8. The minimum atomic E-state index is -0.273. The summed E-state index contributed by atoms with van der Waals surface area (Å²) in [6, 6.07) is 14.1. The Morgan fingerprint density at radius 1 is 1.26 bits per heavy atom. The number of benzene rings is 2. The molecule has 0 unspecified atom stereocenters. The van der Waals surface area contributed by atoms with Crippen molar-refractivity contribution in [3.63, 3.8) is 0 Å². The van der Waals surface area contributed by atoms with Crippen molar-refractivity contribution in [2.24, 2.45) is 7.05 Å². The highest BCUT2D eigenvalue weighted by Crippen LogP contribution is 2.34. The number of ether oxygens (including phenoxy) is 1. The van der Waals surface area contributed by atoms with Gasteiger partial charge in [0.05, 0.1) is 18.2 Å². The number of rotatable bonds is 2. The minimum Gasteiger partial charge on any atom is -0.489 e. The van der Waals surface area contributed by atoms with Gasteiger partial charge in [-0.25, -0.2) is 0 Å². The zero-order valence-corrected chi connectivity index (χ0v) is 17.8. The highest BCUT2D eigenvalue weighted by Gasteiger charge is 2.33. The molecule has 1 aromatic heterocycles. The topological polar surface area (TPSA) is 79.6 Å². The van der Waals surface area contributed by atoms with Gasteiger partial charge in [0.1, 0.15) is 11.9 Å². The molecule has 1 fully saturated rings. The second-order valence-electron chi connectivity index (χ2n) is 8.39. The van der Waals surface area contributed by atoms with Gasteiger partial charge in [-0.05, 0) is 42.2 Å². The predicted octanol–water partition coefficient (Wildman–Crippen LogP) is 2.12. The number of aryl methyl sites for hydroxylation is 2. The number of carbonyl (C=O) groups excluding carboxylic acids is 1. The standard InChI is InChI=1S/C24H28N4O3/c1-27-22-9-4-10-28(11-12-29)24(30)21-14-18(15-25-21)31-17-6-2-5-16(13-17)19-7-3-8-20(26-27)23(19)22/h2-3,5-8,13,18,21,25,29H,4,9-12,14-15H2,1H3/t18-,21-/m0/s1. The molecule has 1 saturated heterocycles. The molecular formula is C24H28N4O3. The third kappa shape index (κ3) is 3.79. The molecule has 2 aliphatic rings. The zero-order chi connectivity index (χ0) is 21.4. The van der Waals surface area contributed by atoms with Crippen molar-refractivity contribution >= 4 is 16.8 Å². The van der Waals surface area contributed by atoms with Gasteiger partial charge in [-0.2, -0.15) is 5.10 Å². The molecule has 2 atom stereocenters. The number of aromatic nitrogens is 2. The van der Waals surface area contributed by atoms with E-state index >= 15 is 0 Å². The number of hydrogen-bond acceptors (Lipinski definition) is 5. The van der Waals surface area contributed by atoms with Crippen LogP contribution in [0.2, 0.25) is 0 Å². The summed E-state index contributed by atoms with van der Waals surface area (Å²) in [4.78, 5) is 14.9. The quantitative estimate of drug-likeness (QED) is 0.664. The van der Waals surface area contributed by atoms with E-state index in [0.717, 1.165) is 46.3 Å². The number of fused-ring (bicyclic) bond motifs is 5. The van der Waals surface area contributed by atoms with Crippen LogP contribution < -0.4 is 10.1 Å². The van der Waals surface area contributed by atoms with E-state index < -0.39 is 0 Å². The lowest BCUT2D eigenvalue weighted by atomic mass is 9.98. The first kappa shape index (κ1) is 20.0. The molecular weight excluding hydrogens is 392 g/mol. The molecule has 2 aromatic carbocycles. The summed E-state index contributed by atoms with van der Waals surface area (Å²) < 4.78 is 8.20. The van der Waals surface area contributed by atoms with E-state index in [2.05, 4.69) is 23.5 Å². The van der Waals surface area contributed by atoms with Crippen LogP contribution in [0.5, 0.6) is 5.75 Å². The van der Waals surface area contributed by atoms with Crippen molar-refractivity contribution in [1.82, 2.24) is 20.0 Å². The second kappa shape index (κ2) is 8.32. The van der Waals surface area contributed by atoms with Crippen molar-refractivity contribution in [1.29, 1.82) is 0 Å². The second-order valence-corrected chi connectivity index (χ2v) is 8.39. The summed E-state index contributed by atoms with van der Waals surface area (Å²) >= 11 is 0. The molecule has 0 saturated carbocycles. The van der Waals surface area contributed by atoms with Crippen LogP contribution in [-0.4, -0.2) is 64.1 Å². The first-order valence-electron chi connectivity index (χ1n) is 11.0. The molecule has 2 aliphatic heterocycles. The average Bonchev–Trinajstić information content (AvgIpc) is 3.36. The number of β-amino-alcohol motifs (C(OH)–C–C–N with tert-alkyl or cyclic N) is 1. The van der Waals surface area contributed by atoms with Crippen LogP contribution in [-0.2, 0) is 18.3 Å². The van der Waals surface area contributed by atoms with Crippen LogP contribution in [0.15, 0.2) is 42.5 Å². The van der Waals surface area contributed by atoms with Crippen LogP contribution in [0, 0.1) is 0 Å². The Bertz CT molecular complexity index is 1110. The number of hydrogen-bond donors (Lipinski definition) is 2. The molecule has 0 aliphatic carbocycles. The molecule has 7 heteroatoms. The Kier molecular flexibility index (Phi) is 5.38. The van der Waals surface area contributed by atoms with E-state index in [-0.39, 0.29) is 24.7 Å². The van der Waals surface area contributed by atoms with Gasteiger partial charge in [0.2, 0.25) is 5.91 Å². The Morgan fingerprint density at radius 3 is 3.00 bits per heavy atom. The normalized spacial score (nSPS) is 21.6. The predicted molar refractivity (Wildman–Crippen MR) is 119 cm³/mol.